The maximum Gasteiger partial charge on any atom is 0.247 e. The van der Waals surface area contributed by atoms with Crippen molar-refractivity contribution in [1.82, 2.24) is 19.9 Å². The van der Waals surface area contributed by atoms with E-state index >= 15 is 0 Å². The van der Waals surface area contributed by atoms with Crippen molar-refractivity contribution in [2.45, 2.75) is 13.0 Å². The van der Waals surface area contributed by atoms with Crippen LogP contribution in [0.15, 0.2) is 42.9 Å². The van der Waals surface area contributed by atoms with Crippen molar-refractivity contribution in [3.05, 3.63) is 54.0 Å². The summed E-state index contributed by atoms with van der Waals surface area (Å²) in [5.74, 6) is 1.39. The van der Waals surface area contributed by atoms with E-state index in [1.807, 2.05) is 24.4 Å². The molecule has 0 saturated carbocycles. The molecule has 0 spiro atoms. The van der Waals surface area contributed by atoms with Crippen LogP contribution >= 0.6 is 0 Å². The first-order chi connectivity index (χ1) is 9.90. The smallest absolute Gasteiger partial charge is 0.247 e. The van der Waals surface area contributed by atoms with Gasteiger partial charge in [0.1, 0.15) is 17.6 Å². The Bertz CT molecular complexity index is 765. The van der Waals surface area contributed by atoms with E-state index in [1.54, 1.807) is 4.52 Å². The molecule has 0 radical (unpaired) electrons. The zero-order chi connectivity index (χ0) is 13.4. The molecule has 2 aromatic heterocycles. The molecule has 0 fully saturated rings. The van der Waals surface area contributed by atoms with E-state index in [0.717, 1.165) is 30.8 Å². The third-order valence-electron chi connectivity index (χ3n) is 3.58. The average Bonchev–Trinajstić information content (AvgIpc) is 2.97. The molecule has 3 aromatic rings. The normalized spacial score (nSPS) is 14.2. The maximum absolute atomic E-state index is 5.92. The van der Waals surface area contributed by atoms with E-state index in [-0.39, 0.29) is 0 Å². The highest BCUT2D eigenvalue weighted by atomic mass is 16.5. The van der Waals surface area contributed by atoms with Crippen LogP contribution in [0.3, 0.4) is 0 Å². The first kappa shape index (κ1) is 11.4. The second-order valence-electron chi connectivity index (χ2n) is 4.86. The number of benzene rings is 1. The summed E-state index contributed by atoms with van der Waals surface area (Å²) >= 11 is 0. The largest absolute Gasteiger partial charge is 0.437 e. The van der Waals surface area contributed by atoms with Crippen LogP contribution in [0.25, 0.3) is 5.52 Å². The summed E-state index contributed by atoms with van der Waals surface area (Å²) in [6.07, 6.45) is 4.45. The third kappa shape index (κ3) is 1.92. The monoisotopic (exact) mass is 266 g/mol. The molecule has 0 atom stereocenters. The zero-order valence-electron chi connectivity index (χ0n) is 10.9. The highest BCUT2D eigenvalue weighted by molar-refractivity contribution is 5.56. The Morgan fingerprint density at radius 2 is 2.20 bits per heavy atom. The van der Waals surface area contributed by atoms with Gasteiger partial charge in [0.25, 0.3) is 0 Å². The minimum Gasteiger partial charge on any atom is -0.437 e. The van der Waals surface area contributed by atoms with Crippen molar-refractivity contribution in [3.63, 3.8) is 0 Å². The summed E-state index contributed by atoms with van der Waals surface area (Å²) in [6.45, 7) is 1.95. The van der Waals surface area contributed by atoms with Crippen molar-refractivity contribution in [2.24, 2.45) is 0 Å². The van der Waals surface area contributed by atoms with Gasteiger partial charge in [-0.2, -0.15) is 10.1 Å². The van der Waals surface area contributed by atoms with Crippen LogP contribution in [-0.4, -0.2) is 21.1 Å². The second kappa shape index (κ2) is 4.61. The van der Waals surface area contributed by atoms with Gasteiger partial charge in [0, 0.05) is 12.7 Å². The molecule has 1 aromatic carbocycles. The first-order valence-corrected chi connectivity index (χ1v) is 6.69. The molecule has 0 aliphatic carbocycles. The molecule has 0 amide bonds. The lowest BCUT2D eigenvalue weighted by molar-refractivity contribution is 0.461. The average molecular weight is 266 g/mol. The number of fused-ring (bicyclic) bond motifs is 2. The SMILES string of the molecule is c1cc2c(Oc3ccc4c(c3)CNCC4)ncnn2c1. The lowest BCUT2D eigenvalue weighted by Crippen LogP contribution is -2.23. The van der Waals surface area contributed by atoms with E-state index in [9.17, 15) is 0 Å². The number of nitrogens with one attached hydrogen (secondary N) is 1. The van der Waals surface area contributed by atoms with Crippen molar-refractivity contribution >= 4 is 5.52 Å². The molecule has 0 unspecified atom stereocenters. The Kier molecular flexibility index (Phi) is 2.63. The fourth-order valence-corrected chi connectivity index (χ4v) is 2.55. The van der Waals surface area contributed by atoms with E-state index in [2.05, 4.69) is 27.5 Å². The quantitative estimate of drug-likeness (QED) is 0.772. The summed E-state index contributed by atoms with van der Waals surface area (Å²) in [4.78, 5) is 4.22. The van der Waals surface area contributed by atoms with Gasteiger partial charge in [0.15, 0.2) is 0 Å². The Hall–Kier alpha value is -2.40. The minimum absolute atomic E-state index is 0.578. The molecule has 100 valence electrons. The van der Waals surface area contributed by atoms with E-state index in [0.29, 0.717) is 5.88 Å². The van der Waals surface area contributed by atoms with Gasteiger partial charge in [-0.1, -0.05) is 6.07 Å². The summed E-state index contributed by atoms with van der Waals surface area (Å²) in [6, 6.07) is 10.1. The highest BCUT2D eigenvalue weighted by Gasteiger charge is 2.11. The number of ether oxygens (including phenoxy) is 1. The number of nitrogens with zero attached hydrogens (tertiary/aromatic N) is 3. The van der Waals surface area contributed by atoms with Crippen molar-refractivity contribution in [2.75, 3.05) is 6.54 Å². The van der Waals surface area contributed by atoms with Crippen molar-refractivity contribution in [1.29, 1.82) is 0 Å². The maximum atomic E-state index is 5.92. The summed E-state index contributed by atoms with van der Waals surface area (Å²) in [5, 5.41) is 7.50. The van der Waals surface area contributed by atoms with Crippen LogP contribution < -0.4 is 10.1 Å². The van der Waals surface area contributed by atoms with Gasteiger partial charge in [-0.05, 0) is 48.4 Å². The molecular formula is C15H14N4O. The molecule has 1 aliphatic heterocycles. The minimum atomic E-state index is 0.578. The molecule has 3 heterocycles. The van der Waals surface area contributed by atoms with Gasteiger partial charge in [-0.25, -0.2) is 4.52 Å². The molecule has 1 N–H and O–H groups in total. The third-order valence-corrected chi connectivity index (χ3v) is 3.58. The number of hydrogen-bond acceptors (Lipinski definition) is 4. The number of hydrogen-bond donors (Lipinski definition) is 1. The standard InChI is InChI=1S/C15H14N4O/c1-2-14-15(17-10-18-19(14)7-1)20-13-4-3-11-5-6-16-9-12(11)8-13/h1-4,7-8,10,16H,5-6,9H2. The molecule has 0 bridgehead atoms. The van der Waals surface area contributed by atoms with Gasteiger partial charge >= 0.3 is 0 Å². The lowest BCUT2D eigenvalue weighted by Gasteiger charge is -2.17. The van der Waals surface area contributed by atoms with Crippen LogP contribution in [0.5, 0.6) is 11.6 Å². The predicted octanol–water partition coefficient (Wildman–Crippen LogP) is 2.17. The Morgan fingerprint density at radius 1 is 1.20 bits per heavy atom. The fourth-order valence-electron chi connectivity index (χ4n) is 2.55. The molecule has 1 aliphatic rings. The van der Waals surface area contributed by atoms with Crippen LogP contribution in [0, 0.1) is 0 Å². The van der Waals surface area contributed by atoms with E-state index in [4.69, 9.17) is 4.74 Å². The molecule has 4 rings (SSSR count). The fraction of sp³-hybridized carbons (Fsp3) is 0.200. The highest BCUT2D eigenvalue weighted by Crippen LogP contribution is 2.26. The number of aromatic nitrogens is 3. The first-order valence-electron chi connectivity index (χ1n) is 6.69. The summed E-state index contributed by atoms with van der Waals surface area (Å²) < 4.78 is 7.67. The van der Waals surface area contributed by atoms with E-state index < -0.39 is 0 Å². The van der Waals surface area contributed by atoms with Crippen LogP contribution in [0.1, 0.15) is 11.1 Å². The van der Waals surface area contributed by atoms with Gasteiger partial charge < -0.3 is 10.1 Å². The van der Waals surface area contributed by atoms with Crippen molar-refractivity contribution < 1.29 is 4.74 Å². The Morgan fingerprint density at radius 3 is 3.20 bits per heavy atom. The van der Waals surface area contributed by atoms with Gasteiger partial charge in [0.05, 0.1) is 0 Å². The van der Waals surface area contributed by atoms with Gasteiger partial charge in [-0.15, -0.1) is 0 Å². The topological polar surface area (TPSA) is 51.5 Å². The molecule has 20 heavy (non-hydrogen) atoms. The lowest BCUT2D eigenvalue weighted by atomic mass is 10.0. The summed E-state index contributed by atoms with van der Waals surface area (Å²) in [5.41, 5.74) is 3.56. The Balaban J connectivity index is 1.70. The summed E-state index contributed by atoms with van der Waals surface area (Å²) in [7, 11) is 0. The van der Waals surface area contributed by atoms with Gasteiger partial charge in [-0.3, -0.25) is 0 Å². The molecular weight excluding hydrogens is 252 g/mol. The van der Waals surface area contributed by atoms with E-state index in [1.165, 1.54) is 17.5 Å². The van der Waals surface area contributed by atoms with Crippen LogP contribution in [0.2, 0.25) is 0 Å². The predicted molar refractivity (Wildman–Crippen MR) is 74.9 cm³/mol. The van der Waals surface area contributed by atoms with Crippen LogP contribution in [0.4, 0.5) is 0 Å². The van der Waals surface area contributed by atoms with Crippen LogP contribution in [-0.2, 0) is 13.0 Å². The Labute approximate surface area is 116 Å². The second-order valence-corrected chi connectivity index (χ2v) is 4.86. The van der Waals surface area contributed by atoms with Gasteiger partial charge in [0.2, 0.25) is 5.88 Å². The molecule has 0 saturated heterocycles. The molecule has 5 nitrogen and oxygen atoms in total. The molecule has 5 heteroatoms. The zero-order valence-corrected chi connectivity index (χ0v) is 10.9. The van der Waals surface area contributed by atoms with Crippen molar-refractivity contribution in [3.8, 4) is 11.6 Å². The number of rotatable bonds is 2.